The molecule has 5 heteroatoms. The molecule has 2 aromatic carbocycles. The van der Waals surface area contributed by atoms with Crippen molar-refractivity contribution in [2.24, 2.45) is 5.41 Å². The van der Waals surface area contributed by atoms with Gasteiger partial charge in [-0.05, 0) is 49.2 Å². The van der Waals surface area contributed by atoms with E-state index in [1.165, 1.54) is 6.07 Å². The molecule has 2 aromatic rings. The lowest BCUT2D eigenvalue weighted by atomic mass is 9.68. The van der Waals surface area contributed by atoms with Crippen LogP contribution in [-0.4, -0.2) is 30.4 Å². The van der Waals surface area contributed by atoms with Crippen LogP contribution in [0.5, 0.6) is 0 Å². The number of carbonyl (C=O) groups excluding carboxylic acids is 1. The van der Waals surface area contributed by atoms with E-state index < -0.39 is 5.41 Å². The van der Waals surface area contributed by atoms with E-state index in [1.807, 2.05) is 29.2 Å². The van der Waals surface area contributed by atoms with Crippen molar-refractivity contribution in [1.82, 2.24) is 10.2 Å². The number of likely N-dealkylation sites (tertiary alicyclic amines) is 1. The molecule has 1 N–H and O–H groups in total. The highest BCUT2D eigenvalue weighted by molar-refractivity contribution is 5.87. The first-order valence-corrected chi connectivity index (χ1v) is 8.98. The number of hydrogen-bond acceptors (Lipinski definition) is 2. The molecule has 2 aliphatic heterocycles. The van der Waals surface area contributed by atoms with Crippen molar-refractivity contribution in [2.45, 2.75) is 25.3 Å². The Labute approximate surface area is 160 Å². The van der Waals surface area contributed by atoms with Crippen LogP contribution in [0.2, 0.25) is 0 Å². The van der Waals surface area contributed by atoms with E-state index in [4.69, 9.17) is 0 Å². The minimum atomic E-state index is -0.395. The Bertz CT molecular complexity index is 762. The van der Waals surface area contributed by atoms with E-state index in [1.54, 1.807) is 12.1 Å². The lowest BCUT2D eigenvalue weighted by Gasteiger charge is -2.36. The Morgan fingerprint density at radius 1 is 1.08 bits per heavy atom. The SMILES string of the molecule is Cl.O=C1N(Cc2ccccc2)CC(c2cccc(F)c2)C12CCNCC2. The second-order valence-electron chi connectivity index (χ2n) is 7.19. The second-order valence-corrected chi connectivity index (χ2v) is 7.19. The zero-order valence-corrected chi connectivity index (χ0v) is 15.5. The van der Waals surface area contributed by atoms with Crippen molar-refractivity contribution in [3.8, 4) is 0 Å². The fraction of sp³-hybridized carbons (Fsp3) is 0.381. The highest BCUT2D eigenvalue weighted by atomic mass is 35.5. The summed E-state index contributed by atoms with van der Waals surface area (Å²) >= 11 is 0. The maximum absolute atomic E-state index is 13.8. The Morgan fingerprint density at radius 3 is 2.50 bits per heavy atom. The highest BCUT2D eigenvalue weighted by Gasteiger charge is 2.54. The number of piperidine rings is 1. The van der Waals surface area contributed by atoms with Crippen LogP contribution < -0.4 is 5.32 Å². The minimum absolute atomic E-state index is 0. The van der Waals surface area contributed by atoms with Crippen molar-refractivity contribution in [3.63, 3.8) is 0 Å². The first-order valence-electron chi connectivity index (χ1n) is 8.98. The molecule has 3 nitrogen and oxygen atoms in total. The van der Waals surface area contributed by atoms with Gasteiger partial charge in [-0.25, -0.2) is 4.39 Å². The lowest BCUT2D eigenvalue weighted by molar-refractivity contribution is -0.138. The van der Waals surface area contributed by atoms with Gasteiger partial charge in [-0.2, -0.15) is 0 Å². The van der Waals surface area contributed by atoms with Crippen molar-refractivity contribution < 1.29 is 9.18 Å². The third kappa shape index (κ3) is 3.36. The molecule has 1 spiro atoms. The van der Waals surface area contributed by atoms with Crippen LogP contribution in [0.4, 0.5) is 4.39 Å². The molecule has 2 fully saturated rings. The first-order chi connectivity index (χ1) is 12.2. The summed E-state index contributed by atoms with van der Waals surface area (Å²) in [7, 11) is 0. The Morgan fingerprint density at radius 2 is 1.81 bits per heavy atom. The Kier molecular flexibility index (Phi) is 5.64. The first kappa shape index (κ1) is 18.9. The van der Waals surface area contributed by atoms with Gasteiger partial charge in [0.15, 0.2) is 0 Å². The summed E-state index contributed by atoms with van der Waals surface area (Å²) in [5.74, 6) is 0.0594. The number of amides is 1. The van der Waals surface area contributed by atoms with Crippen molar-refractivity contribution in [3.05, 3.63) is 71.5 Å². The molecule has 2 saturated heterocycles. The topological polar surface area (TPSA) is 32.3 Å². The second kappa shape index (κ2) is 7.77. The maximum Gasteiger partial charge on any atom is 0.229 e. The maximum atomic E-state index is 13.8. The van der Waals surface area contributed by atoms with E-state index in [9.17, 15) is 9.18 Å². The van der Waals surface area contributed by atoms with Gasteiger partial charge in [-0.1, -0.05) is 42.5 Å². The van der Waals surface area contributed by atoms with Crippen molar-refractivity contribution in [2.75, 3.05) is 19.6 Å². The van der Waals surface area contributed by atoms with Gasteiger partial charge in [0.2, 0.25) is 5.91 Å². The standard InChI is InChI=1S/C21H23FN2O.ClH/c22-18-8-4-7-17(13-18)19-15-24(14-16-5-2-1-3-6-16)20(25)21(19)9-11-23-12-10-21;/h1-8,13,19,23H,9-12,14-15H2;1H. The van der Waals surface area contributed by atoms with Gasteiger partial charge in [-0.15, -0.1) is 12.4 Å². The van der Waals surface area contributed by atoms with E-state index in [0.29, 0.717) is 13.1 Å². The van der Waals surface area contributed by atoms with Crippen molar-refractivity contribution >= 4 is 18.3 Å². The largest absolute Gasteiger partial charge is 0.337 e. The van der Waals surface area contributed by atoms with Gasteiger partial charge in [-0.3, -0.25) is 4.79 Å². The Hall–Kier alpha value is -1.91. The molecule has 0 aliphatic carbocycles. The molecule has 2 aliphatic rings. The summed E-state index contributed by atoms with van der Waals surface area (Å²) < 4.78 is 13.8. The minimum Gasteiger partial charge on any atom is -0.337 e. The summed E-state index contributed by atoms with van der Waals surface area (Å²) in [4.78, 5) is 15.3. The van der Waals surface area contributed by atoms with Gasteiger partial charge in [0.1, 0.15) is 5.82 Å². The predicted octanol–water partition coefficient (Wildman–Crippen LogP) is 3.74. The molecule has 0 radical (unpaired) electrons. The van der Waals surface area contributed by atoms with Crippen LogP contribution in [0.15, 0.2) is 54.6 Å². The molecule has 138 valence electrons. The number of rotatable bonds is 3. The molecule has 0 saturated carbocycles. The van der Waals surface area contributed by atoms with E-state index in [2.05, 4.69) is 17.4 Å². The molecule has 0 bridgehead atoms. The smallest absolute Gasteiger partial charge is 0.229 e. The fourth-order valence-electron chi connectivity index (χ4n) is 4.47. The molecule has 1 amide bonds. The van der Waals surface area contributed by atoms with Crippen LogP contribution >= 0.6 is 12.4 Å². The summed E-state index contributed by atoms with van der Waals surface area (Å²) in [5.41, 5.74) is 1.69. The quantitative estimate of drug-likeness (QED) is 0.887. The number of nitrogens with one attached hydrogen (secondary N) is 1. The molecule has 0 aromatic heterocycles. The van der Waals surface area contributed by atoms with E-state index in [0.717, 1.165) is 37.1 Å². The van der Waals surface area contributed by atoms with E-state index >= 15 is 0 Å². The predicted molar refractivity (Wildman–Crippen MR) is 103 cm³/mol. The number of carbonyl (C=O) groups is 1. The van der Waals surface area contributed by atoms with Crippen LogP contribution in [0.3, 0.4) is 0 Å². The summed E-state index contributed by atoms with van der Waals surface area (Å²) in [6.07, 6.45) is 1.64. The average Bonchev–Trinajstić information content (AvgIpc) is 2.89. The monoisotopic (exact) mass is 374 g/mol. The molecule has 4 rings (SSSR count). The number of nitrogens with zero attached hydrogens (tertiary/aromatic N) is 1. The van der Waals surface area contributed by atoms with E-state index in [-0.39, 0.29) is 30.0 Å². The van der Waals surface area contributed by atoms with Crippen LogP contribution in [0.1, 0.15) is 29.9 Å². The van der Waals surface area contributed by atoms with Crippen molar-refractivity contribution in [1.29, 1.82) is 0 Å². The van der Waals surface area contributed by atoms with Gasteiger partial charge in [0.25, 0.3) is 0 Å². The third-order valence-electron chi connectivity index (χ3n) is 5.75. The van der Waals surface area contributed by atoms with Gasteiger partial charge < -0.3 is 10.2 Å². The third-order valence-corrected chi connectivity index (χ3v) is 5.75. The summed E-state index contributed by atoms with van der Waals surface area (Å²) in [5, 5.41) is 3.36. The summed E-state index contributed by atoms with van der Waals surface area (Å²) in [6, 6.07) is 16.9. The molecular formula is C21H24ClFN2O. The van der Waals surface area contributed by atoms with Gasteiger partial charge in [0, 0.05) is 19.0 Å². The zero-order valence-electron chi connectivity index (χ0n) is 14.7. The number of hydrogen-bond donors (Lipinski definition) is 1. The highest BCUT2D eigenvalue weighted by Crippen LogP contribution is 2.50. The van der Waals surface area contributed by atoms with Crippen LogP contribution in [0, 0.1) is 11.2 Å². The van der Waals surface area contributed by atoms with Crippen LogP contribution in [-0.2, 0) is 11.3 Å². The normalized spacial score (nSPS) is 21.7. The average molecular weight is 375 g/mol. The number of halogens is 2. The van der Waals surface area contributed by atoms with Gasteiger partial charge >= 0.3 is 0 Å². The zero-order chi connectivity index (χ0) is 17.3. The molecular weight excluding hydrogens is 351 g/mol. The molecule has 26 heavy (non-hydrogen) atoms. The number of benzene rings is 2. The molecule has 1 unspecified atom stereocenters. The fourth-order valence-corrected chi connectivity index (χ4v) is 4.47. The Balaban J connectivity index is 0.00000196. The summed E-state index contributed by atoms with van der Waals surface area (Å²) in [6.45, 7) is 2.98. The van der Waals surface area contributed by atoms with Gasteiger partial charge in [0.05, 0.1) is 5.41 Å². The lowest BCUT2D eigenvalue weighted by Crippen LogP contribution is -2.44. The molecule has 1 atom stereocenters. The van der Waals surface area contributed by atoms with Crippen LogP contribution in [0.25, 0.3) is 0 Å². The molecule has 2 heterocycles.